The molecule has 2 aromatic rings. The smallest absolute Gasteiger partial charge is 0.325 e. The first-order valence-electron chi connectivity index (χ1n) is 8.71. The lowest BCUT2D eigenvalue weighted by Crippen LogP contribution is -2.43. The molecule has 1 aromatic carbocycles. The number of nitrogens with one attached hydrogen (secondary N) is 2. The average Bonchev–Trinajstić information content (AvgIpc) is 2.98. The number of nitrogens with zero attached hydrogens (tertiary/aromatic N) is 3. The van der Waals surface area contributed by atoms with Gasteiger partial charge in [0.05, 0.1) is 0 Å². The first kappa shape index (κ1) is 17.7. The molecule has 1 saturated heterocycles. The summed E-state index contributed by atoms with van der Waals surface area (Å²) >= 11 is 1.42. The molecular weight excluding hydrogens is 334 g/mol. The highest BCUT2D eigenvalue weighted by Crippen LogP contribution is 2.32. The highest BCUT2D eigenvalue weighted by atomic mass is 32.1. The van der Waals surface area contributed by atoms with E-state index in [4.69, 9.17) is 0 Å². The number of carbonyl (C=O) groups excluding carboxylic acids is 1. The Bertz CT molecular complexity index is 750. The largest absolute Gasteiger partial charge is 0.341 e. The minimum absolute atomic E-state index is 0.300. The quantitative estimate of drug-likeness (QED) is 0.842. The Morgan fingerprint density at radius 1 is 1.12 bits per heavy atom. The van der Waals surface area contributed by atoms with Crippen LogP contribution in [-0.2, 0) is 0 Å². The van der Waals surface area contributed by atoms with Gasteiger partial charge in [-0.25, -0.2) is 4.79 Å². The van der Waals surface area contributed by atoms with Gasteiger partial charge in [0, 0.05) is 17.8 Å². The number of urea groups is 1. The van der Waals surface area contributed by atoms with E-state index in [9.17, 15) is 4.79 Å². The molecule has 2 amide bonds. The molecule has 3 rings (SSSR count). The van der Waals surface area contributed by atoms with Crippen molar-refractivity contribution < 1.29 is 4.79 Å². The first-order chi connectivity index (χ1) is 11.9. The van der Waals surface area contributed by atoms with E-state index < -0.39 is 0 Å². The fourth-order valence-corrected chi connectivity index (χ4v) is 4.19. The summed E-state index contributed by atoms with van der Waals surface area (Å²) in [7, 11) is 0. The number of hydrogen-bond donors (Lipinski definition) is 2. The highest BCUT2D eigenvalue weighted by molar-refractivity contribution is 7.19. The van der Waals surface area contributed by atoms with Crippen LogP contribution in [0.15, 0.2) is 18.2 Å². The number of anilines is 3. The Labute approximate surface area is 152 Å². The Morgan fingerprint density at radius 2 is 1.84 bits per heavy atom. The fraction of sp³-hybridized carbons (Fsp3) is 0.500. The van der Waals surface area contributed by atoms with Gasteiger partial charge in [0.2, 0.25) is 10.3 Å². The van der Waals surface area contributed by atoms with Gasteiger partial charge in [0.1, 0.15) is 0 Å². The molecule has 0 bridgehead atoms. The average molecular weight is 359 g/mol. The standard InChI is InChI=1S/C18H25N5OS/c1-11-8-9-15(10-12(11)2)19-16(24)20-17-21-22-18(25-17)23-13(3)6-5-7-14(23)4/h8-10,13-14H,5-7H2,1-4H3,(H2,19,20,21,24). The Morgan fingerprint density at radius 3 is 2.52 bits per heavy atom. The third-order valence-electron chi connectivity index (χ3n) is 4.81. The molecule has 134 valence electrons. The maximum Gasteiger partial charge on any atom is 0.325 e. The summed E-state index contributed by atoms with van der Waals surface area (Å²) in [4.78, 5) is 14.5. The zero-order valence-electron chi connectivity index (χ0n) is 15.2. The molecule has 0 saturated carbocycles. The number of aryl methyl sites for hydroxylation is 2. The third kappa shape index (κ3) is 4.10. The lowest BCUT2D eigenvalue weighted by atomic mass is 9.98. The van der Waals surface area contributed by atoms with E-state index in [1.807, 2.05) is 32.0 Å². The molecule has 1 aromatic heterocycles. The number of hydrogen-bond acceptors (Lipinski definition) is 5. The minimum atomic E-state index is -0.300. The summed E-state index contributed by atoms with van der Waals surface area (Å²) in [5.41, 5.74) is 3.11. The van der Waals surface area contributed by atoms with Crippen molar-refractivity contribution in [3.63, 3.8) is 0 Å². The Hall–Kier alpha value is -2.15. The van der Waals surface area contributed by atoms with Crippen molar-refractivity contribution in [1.29, 1.82) is 0 Å². The van der Waals surface area contributed by atoms with Gasteiger partial charge in [-0.3, -0.25) is 5.32 Å². The van der Waals surface area contributed by atoms with Crippen LogP contribution in [0, 0.1) is 13.8 Å². The van der Waals surface area contributed by atoms with Crippen LogP contribution in [0.5, 0.6) is 0 Å². The van der Waals surface area contributed by atoms with Gasteiger partial charge in [-0.15, -0.1) is 10.2 Å². The van der Waals surface area contributed by atoms with Crippen LogP contribution in [0.2, 0.25) is 0 Å². The summed E-state index contributed by atoms with van der Waals surface area (Å²) in [5, 5.41) is 15.4. The van der Waals surface area contributed by atoms with Crippen LogP contribution in [0.1, 0.15) is 44.2 Å². The molecule has 2 heterocycles. The van der Waals surface area contributed by atoms with E-state index in [2.05, 4.69) is 39.6 Å². The third-order valence-corrected chi connectivity index (χ3v) is 5.67. The van der Waals surface area contributed by atoms with Gasteiger partial charge >= 0.3 is 6.03 Å². The summed E-state index contributed by atoms with van der Waals surface area (Å²) in [5.74, 6) is 0. The molecule has 2 unspecified atom stereocenters. The molecular formula is C18H25N5OS. The van der Waals surface area contributed by atoms with Crippen LogP contribution in [-0.4, -0.2) is 28.3 Å². The minimum Gasteiger partial charge on any atom is -0.341 e. The van der Waals surface area contributed by atoms with E-state index in [0.717, 1.165) is 16.4 Å². The number of carbonyl (C=O) groups is 1. The van der Waals surface area contributed by atoms with E-state index in [0.29, 0.717) is 17.2 Å². The Kier molecular flexibility index (Phi) is 5.22. The maximum atomic E-state index is 12.2. The SMILES string of the molecule is Cc1ccc(NC(=O)Nc2nnc(N3C(C)CCCC3C)s2)cc1C. The second-order valence-corrected chi connectivity index (χ2v) is 7.76. The van der Waals surface area contributed by atoms with Crippen LogP contribution < -0.4 is 15.5 Å². The van der Waals surface area contributed by atoms with Crippen molar-refractivity contribution in [1.82, 2.24) is 10.2 Å². The predicted molar refractivity (Wildman–Crippen MR) is 104 cm³/mol. The van der Waals surface area contributed by atoms with Gasteiger partial charge in [0.25, 0.3) is 0 Å². The molecule has 1 fully saturated rings. The molecule has 25 heavy (non-hydrogen) atoms. The lowest BCUT2D eigenvalue weighted by Gasteiger charge is -2.38. The normalized spacial score (nSPS) is 20.4. The van der Waals surface area contributed by atoms with Crippen molar-refractivity contribution in [2.24, 2.45) is 0 Å². The molecule has 7 heteroatoms. The van der Waals surface area contributed by atoms with Crippen molar-refractivity contribution in [2.75, 3.05) is 15.5 Å². The molecule has 2 atom stereocenters. The topological polar surface area (TPSA) is 70.1 Å². The van der Waals surface area contributed by atoms with E-state index >= 15 is 0 Å². The molecule has 6 nitrogen and oxygen atoms in total. The molecule has 1 aliphatic heterocycles. The van der Waals surface area contributed by atoms with Crippen LogP contribution in [0.25, 0.3) is 0 Å². The second kappa shape index (κ2) is 7.39. The van der Waals surface area contributed by atoms with Crippen LogP contribution in [0.4, 0.5) is 20.7 Å². The molecule has 0 radical (unpaired) electrons. The van der Waals surface area contributed by atoms with Gasteiger partial charge in [-0.1, -0.05) is 17.4 Å². The summed E-state index contributed by atoms with van der Waals surface area (Å²) in [6, 6.07) is 6.45. The maximum absolute atomic E-state index is 12.2. The molecule has 1 aliphatic rings. The van der Waals surface area contributed by atoms with Gasteiger partial charge in [-0.05, 0) is 70.2 Å². The predicted octanol–water partition coefficient (Wildman–Crippen LogP) is 4.57. The van der Waals surface area contributed by atoms with Crippen molar-refractivity contribution in [3.8, 4) is 0 Å². The fourth-order valence-electron chi connectivity index (χ4n) is 3.25. The zero-order chi connectivity index (χ0) is 18.0. The number of piperidine rings is 1. The van der Waals surface area contributed by atoms with Crippen LogP contribution in [0.3, 0.4) is 0 Å². The number of benzene rings is 1. The molecule has 2 N–H and O–H groups in total. The number of rotatable bonds is 3. The summed E-state index contributed by atoms with van der Waals surface area (Å²) in [6.45, 7) is 8.51. The highest BCUT2D eigenvalue weighted by Gasteiger charge is 2.27. The van der Waals surface area contributed by atoms with Gasteiger partial charge in [-0.2, -0.15) is 0 Å². The Balaban J connectivity index is 1.64. The van der Waals surface area contributed by atoms with Crippen molar-refractivity contribution in [3.05, 3.63) is 29.3 Å². The lowest BCUT2D eigenvalue weighted by molar-refractivity contribution is 0.262. The number of aromatic nitrogens is 2. The van der Waals surface area contributed by atoms with E-state index in [1.54, 1.807) is 0 Å². The summed E-state index contributed by atoms with van der Waals surface area (Å²) in [6.07, 6.45) is 3.58. The molecule has 0 spiro atoms. The molecule has 0 aliphatic carbocycles. The monoisotopic (exact) mass is 359 g/mol. The van der Waals surface area contributed by atoms with Crippen molar-refractivity contribution in [2.45, 2.75) is 59.0 Å². The second-order valence-electron chi connectivity index (χ2n) is 6.80. The van der Waals surface area contributed by atoms with E-state index in [-0.39, 0.29) is 6.03 Å². The van der Waals surface area contributed by atoms with Gasteiger partial charge < -0.3 is 10.2 Å². The van der Waals surface area contributed by atoms with Gasteiger partial charge in [0.15, 0.2) is 0 Å². The first-order valence-corrected chi connectivity index (χ1v) is 9.53. The number of amides is 2. The zero-order valence-corrected chi connectivity index (χ0v) is 16.0. The van der Waals surface area contributed by atoms with Crippen molar-refractivity contribution >= 4 is 33.3 Å². The van der Waals surface area contributed by atoms with Crippen LogP contribution >= 0.6 is 11.3 Å². The van der Waals surface area contributed by atoms with E-state index in [1.165, 1.54) is 36.2 Å². The summed E-state index contributed by atoms with van der Waals surface area (Å²) < 4.78 is 0.